The summed E-state index contributed by atoms with van der Waals surface area (Å²) in [7, 11) is 7.13. The molecule has 0 aliphatic heterocycles. The van der Waals surface area contributed by atoms with Crippen LogP contribution in [0.5, 0.6) is 5.75 Å². The lowest BCUT2D eigenvalue weighted by atomic mass is 10.1. The number of anilines is 1. The quantitative estimate of drug-likeness (QED) is 0.160. The molecule has 0 radical (unpaired) electrons. The summed E-state index contributed by atoms with van der Waals surface area (Å²) in [5.74, 6) is -4.26. The minimum absolute atomic E-state index is 0.0751. The average Bonchev–Trinajstić information content (AvgIpc) is 3.32. The van der Waals surface area contributed by atoms with Crippen LogP contribution in [-0.2, 0) is 16.6 Å². The number of imidazole rings is 1. The van der Waals surface area contributed by atoms with Crippen molar-refractivity contribution in [3.05, 3.63) is 64.6 Å². The summed E-state index contributed by atoms with van der Waals surface area (Å²) < 4.78 is 35.7. The third kappa shape index (κ3) is 9.75. The molecule has 0 bridgehead atoms. The highest BCUT2D eigenvalue weighted by atomic mass is 35.5. The summed E-state index contributed by atoms with van der Waals surface area (Å²) in [5.41, 5.74) is 0.399. The topological polar surface area (TPSA) is 178 Å². The zero-order valence-electron chi connectivity index (χ0n) is 24.2. The van der Waals surface area contributed by atoms with Crippen molar-refractivity contribution in [3.63, 3.8) is 0 Å². The van der Waals surface area contributed by atoms with Gasteiger partial charge in [-0.25, -0.2) is 9.37 Å². The lowest BCUT2D eigenvalue weighted by Crippen LogP contribution is -2.45. The number of likely N-dealkylation sites (N-methyl/N-ethyl adjacent to an activating group) is 1. The molecule has 3 rings (SSSR count). The molecule has 13 nitrogen and oxygen atoms in total. The van der Waals surface area contributed by atoms with E-state index in [1.165, 1.54) is 48.1 Å². The highest BCUT2D eigenvalue weighted by Crippen LogP contribution is 2.30. The van der Waals surface area contributed by atoms with Crippen LogP contribution in [0.15, 0.2) is 36.5 Å². The minimum atomic E-state index is -1.27. The lowest BCUT2D eigenvalue weighted by molar-refractivity contribution is -0.862. The zero-order chi connectivity index (χ0) is 33.0. The summed E-state index contributed by atoms with van der Waals surface area (Å²) in [6.07, 6.45) is 1.22. The van der Waals surface area contributed by atoms with Crippen LogP contribution in [0.2, 0.25) is 5.02 Å². The maximum atomic E-state index is 14.7. The van der Waals surface area contributed by atoms with Crippen molar-refractivity contribution < 1.29 is 42.3 Å². The number of nitriles is 1. The van der Waals surface area contributed by atoms with E-state index in [0.29, 0.717) is 11.0 Å². The molecule has 16 heteroatoms. The number of benzene rings is 2. The van der Waals surface area contributed by atoms with E-state index < -0.39 is 42.3 Å². The van der Waals surface area contributed by atoms with Gasteiger partial charge in [0.05, 0.1) is 43.6 Å². The van der Waals surface area contributed by atoms with Crippen molar-refractivity contribution in [1.29, 1.82) is 5.26 Å². The van der Waals surface area contributed by atoms with Gasteiger partial charge < -0.3 is 39.6 Å². The fourth-order valence-corrected chi connectivity index (χ4v) is 4.01. The molecule has 3 N–H and O–H groups in total. The minimum Gasteiger partial charge on any atom is -0.554 e. The Kier molecular flexibility index (Phi) is 12.7. The zero-order valence-corrected chi connectivity index (χ0v) is 25.0. The fraction of sp³-hybridized carbons (Fsp3) is 0.286. The van der Waals surface area contributed by atoms with Crippen molar-refractivity contribution in [1.82, 2.24) is 20.2 Å². The van der Waals surface area contributed by atoms with Crippen LogP contribution in [-0.4, -0.2) is 85.6 Å². The number of rotatable bonds is 11. The highest BCUT2D eigenvalue weighted by Gasteiger charge is 2.22. The summed E-state index contributed by atoms with van der Waals surface area (Å²) >= 11 is 6.27. The van der Waals surface area contributed by atoms with Gasteiger partial charge in [0.25, 0.3) is 17.7 Å². The average molecular weight is 634 g/mol. The van der Waals surface area contributed by atoms with Crippen LogP contribution in [0.1, 0.15) is 21.0 Å². The molecule has 0 fully saturated rings. The van der Waals surface area contributed by atoms with Gasteiger partial charge in [0.15, 0.2) is 30.5 Å². The predicted molar refractivity (Wildman–Crippen MR) is 153 cm³/mol. The van der Waals surface area contributed by atoms with Gasteiger partial charge >= 0.3 is 0 Å². The Morgan fingerprint density at radius 1 is 1.11 bits per heavy atom. The van der Waals surface area contributed by atoms with Gasteiger partial charge in [-0.05, 0) is 30.3 Å². The van der Waals surface area contributed by atoms with Crippen LogP contribution in [0.4, 0.5) is 14.5 Å². The van der Waals surface area contributed by atoms with E-state index in [1.807, 2.05) is 21.1 Å². The molecule has 0 unspecified atom stereocenters. The van der Waals surface area contributed by atoms with Crippen molar-refractivity contribution in [2.75, 3.05) is 52.7 Å². The van der Waals surface area contributed by atoms with E-state index in [-0.39, 0.29) is 52.4 Å². The van der Waals surface area contributed by atoms with E-state index in [4.69, 9.17) is 31.5 Å². The SMILES string of the molecule is Cn1c(-c2ccc(OCC#N)c(F)c2F)cnc1C(=O)Nc1ccc(C(=O)NCCNC(=O)C[N+](C)(C)C)c(Cl)c1.O=C[O-]. The number of nitrogens with one attached hydrogen (secondary N) is 3. The van der Waals surface area contributed by atoms with E-state index in [1.54, 1.807) is 6.07 Å². The molecule has 234 valence electrons. The molecule has 1 heterocycles. The number of hydrogen-bond acceptors (Lipinski definition) is 8. The van der Waals surface area contributed by atoms with Crippen LogP contribution >= 0.6 is 11.6 Å². The van der Waals surface area contributed by atoms with E-state index in [0.717, 1.165) is 0 Å². The first-order valence-electron chi connectivity index (χ1n) is 12.8. The van der Waals surface area contributed by atoms with Crippen LogP contribution in [0.3, 0.4) is 0 Å². The largest absolute Gasteiger partial charge is 0.554 e. The summed E-state index contributed by atoms with van der Waals surface area (Å²) in [6.45, 7) is -0.205. The maximum Gasteiger partial charge on any atom is 0.291 e. The molecule has 0 atom stereocenters. The Morgan fingerprint density at radius 2 is 1.77 bits per heavy atom. The second kappa shape index (κ2) is 16.0. The second-order valence-corrected chi connectivity index (χ2v) is 10.4. The van der Waals surface area contributed by atoms with Crippen molar-refractivity contribution >= 4 is 41.5 Å². The Bertz CT molecular complexity index is 1570. The summed E-state index contributed by atoms with van der Waals surface area (Å²) in [6, 6.07) is 8.40. The number of carbonyl (C=O) groups excluding carboxylic acids is 4. The number of halogens is 3. The van der Waals surface area contributed by atoms with Gasteiger partial charge in [-0.2, -0.15) is 9.65 Å². The number of carbonyl (C=O) groups is 4. The molecule has 1 aromatic heterocycles. The third-order valence-corrected chi connectivity index (χ3v) is 5.94. The third-order valence-electron chi connectivity index (χ3n) is 5.63. The second-order valence-electron chi connectivity index (χ2n) is 10.0. The Labute approximate surface area is 256 Å². The van der Waals surface area contributed by atoms with Gasteiger partial charge in [-0.1, -0.05) is 11.6 Å². The first-order chi connectivity index (χ1) is 20.7. The van der Waals surface area contributed by atoms with E-state index in [2.05, 4.69) is 20.9 Å². The normalized spacial score (nSPS) is 10.5. The fourth-order valence-electron chi connectivity index (χ4n) is 3.75. The molecular formula is C28H30ClF2N7O6. The first kappa shape index (κ1) is 35.1. The van der Waals surface area contributed by atoms with Gasteiger partial charge in [0, 0.05) is 37.9 Å². The predicted octanol–water partition coefficient (Wildman–Crippen LogP) is 1.09. The highest BCUT2D eigenvalue weighted by molar-refractivity contribution is 6.34. The lowest BCUT2D eigenvalue weighted by Gasteiger charge is -2.22. The standard InChI is InChI=1S/C27H28ClF2N7O4.CH2O2/c1-36-20(18-7-8-21(41-12-9-31)24(30)23(18)29)14-34-25(36)27(40)35-16-5-6-17(19(28)13-16)26(39)33-11-10-32-22(38)15-37(2,3)4;2-1-3/h5-8,13-14H,10-12,15H2,1-4H3,(H2-,32,33,35,38,39,40);1H,(H,2,3). The number of hydrogen-bond donors (Lipinski definition) is 3. The van der Waals surface area contributed by atoms with Crippen molar-refractivity contribution in [2.24, 2.45) is 7.05 Å². The Morgan fingerprint density at radius 3 is 2.39 bits per heavy atom. The maximum absolute atomic E-state index is 14.7. The molecule has 3 amide bonds. The first-order valence-corrected chi connectivity index (χ1v) is 13.1. The molecule has 0 saturated carbocycles. The van der Waals surface area contributed by atoms with Crippen LogP contribution < -0.4 is 25.8 Å². The van der Waals surface area contributed by atoms with Gasteiger partial charge in [0.1, 0.15) is 6.07 Å². The van der Waals surface area contributed by atoms with Crippen LogP contribution in [0.25, 0.3) is 11.3 Å². The molecule has 0 saturated heterocycles. The van der Waals surface area contributed by atoms with Gasteiger partial charge in [-0.3, -0.25) is 14.4 Å². The van der Waals surface area contributed by atoms with E-state index in [9.17, 15) is 23.2 Å². The molecule has 44 heavy (non-hydrogen) atoms. The van der Waals surface area contributed by atoms with Gasteiger partial charge in [0.2, 0.25) is 5.82 Å². The molecule has 3 aromatic rings. The number of aromatic nitrogens is 2. The molecule has 0 spiro atoms. The number of carboxylic acid groups (broad SMARTS) is 1. The Hall–Kier alpha value is -5.07. The van der Waals surface area contributed by atoms with Crippen molar-refractivity contribution in [3.8, 4) is 23.1 Å². The van der Waals surface area contributed by atoms with Crippen LogP contribution in [0, 0.1) is 23.0 Å². The molecule has 2 aromatic carbocycles. The smallest absolute Gasteiger partial charge is 0.291 e. The number of amides is 3. The number of ether oxygens (including phenoxy) is 1. The monoisotopic (exact) mass is 633 g/mol. The molecule has 0 aliphatic carbocycles. The molecule has 0 aliphatic rings. The Balaban J connectivity index is 0.00000216. The number of quaternary nitrogens is 1. The molecular weight excluding hydrogens is 604 g/mol. The van der Waals surface area contributed by atoms with E-state index >= 15 is 0 Å². The van der Waals surface area contributed by atoms with Gasteiger partial charge in [-0.15, -0.1) is 0 Å². The summed E-state index contributed by atoms with van der Waals surface area (Å²) in [5, 5.41) is 24.9. The number of nitrogens with zero attached hydrogens (tertiary/aromatic N) is 4. The van der Waals surface area contributed by atoms with Crippen molar-refractivity contribution in [2.45, 2.75) is 0 Å². The summed E-state index contributed by atoms with van der Waals surface area (Å²) in [4.78, 5) is 49.5.